The second-order valence-electron chi connectivity index (χ2n) is 6.56. The maximum absolute atomic E-state index is 11.8. The molecule has 0 amide bonds. The van der Waals surface area contributed by atoms with Crippen molar-refractivity contribution >= 4 is 37.0 Å². The summed E-state index contributed by atoms with van der Waals surface area (Å²) in [7, 11) is -6.11. The first-order valence-electron chi connectivity index (χ1n) is 8.03. The van der Waals surface area contributed by atoms with Gasteiger partial charge in [0.25, 0.3) is 0 Å². The van der Waals surface area contributed by atoms with Crippen molar-refractivity contribution in [3.63, 3.8) is 0 Å². The van der Waals surface area contributed by atoms with Gasteiger partial charge in [0.05, 0.1) is 29.1 Å². The molecule has 0 aromatic rings. The lowest BCUT2D eigenvalue weighted by Crippen LogP contribution is -2.49. The second kappa shape index (κ2) is 6.89. The summed E-state index contributed by atoms with van der Waals surface area (Å²) in [5.41, 5.74) is 0.568. The van der Waals surface area contributed by atoms with Crippen LogP contribution in [0.1, 0.15) is 19.3 Å². The van der Waals surface area contributed by atoms with Crippen molar-refractivity contribution in [2.24, 2.45) is 0 Å². The molecule has 2 fully saturated rings. The van der Waals surface area contributed by atoms with Gasteiger partial charge in [0.1, 0.15) is 0 Å². The van der Waals surface area contributed by atoms with Crippen LogP contribution in [-0.2, 0) is 24.4 Å². The zero-order valence-electron chi connectivity index (χ0n) is 13.3. The van der Waals surface area contributed by atoms with Crippen LogP contribution in [0.3, 0.4) is 0 Å². The number of rotatable bonds is 4. The molecule has 1 N–H and O–H groups in total. The maximum atomic E-state index is 11.8. The Morgan fingerprint density at radius 1 is 1.29 bits per heavy atom. The molecule has 24 heavy (non-hydrogen) atoms. The van der Waals surface area contributed by atoms with Crippen LogP contribution in [-0.4, -0.2) is 75.2 Å². The Labute approximate surface area is 148 Å². The summed E-state index contributed by atoms with van der Waals surface area (Å²) in [6.45, 7) is 1.25. The number of nitrogens with one attached hydrogen (secondary N) is 1. The highest BCUT2D eigenvalue weighted by Gasteiger charge is 2.35. The molecular formula is C14H22N2O5S3. The largest absolute Gasteiger partial charge is 0.376 e. The van der Waals surface area contributed by atoms with Crippen molar-refractivity contribution in [2.45, 2.75) is 31.4 Å². The molecule has 3 rings (SSSR count). The third-order valence-electron chi connectivity index (χ3n) is 4.56. The molecule has 3 aliphatic rings. The van der Waals surface area contributed by atoms with Gasteiger partial charge in [-0.15, -0.1) is 0 Å². The van der Waals surface area contributed by atoms with Crippen molar-refractivity contribution < 1.29 is 21.6 Å². The van der Waals surface area contributed by atoms with E-state index in [1.807, 2.05) is 4.90 Å². The summed E-state index contributed by atoms with van der Waals surface area (Å²) >= 11 is 5.46. The molecule has 3 aliphatic heterocycles. The highest BCUT2D eigenvalue weighted by molar-refractivity contribution is 7.92. The number of nitrogens with zero attached hydrogens (tertiary/aromatic N) is 1. The zero-order valence-corrected chi connectivity index (χ0v) is 15.8. The van der Waals surface area contributed by atoms with Gasteiger partial charge >= 0.3 is 0 Å². The summed E-state index contributed by atoms with van der Waals surface area (Å²) in [5.74, 6) is 0.212. The van der Waals surface area contributed by atoms with Gasteiger partial charge in [-0.2, -0.15) is 0 Å². The molecule has 3 heterocycles. The zero-order chi connectivity index (χ0) is 17.4. The fourth-order valence-electron chi connectivity index (χ4n) is 3.31. The van der Waals surface area contributed by atoms with Crippen LogP contribution in [0.5, 0.6) is 0 Å². The van der Waals surface area contributed by atoms with Crippen molar-refractivity contribution in [1.29, 1.82) is 0 Å². The lowest BCUT2D eigenvalue weighted by atomic mass is 10.2. The predicted molar refractivity (Wildman–Crippen MR) is 95.2 cm³/mol. The van der Waals surface area contributed by atoms with Gasteiger partial charge in [-0.3, -0.25) is 0 Å². The van der Waals surface area contributed by atoms with E-state index >= 15 is 0 Å². The molecule has 0 saturated carbocycles. The first-order chi connectivity index (χ1) is 11.2. The highest BCUT2D eigenvalue weighted by atomic mass is 32.2. The van der Waals surface area contributed by atoms with Crippen molar-refractivity contribution in [3.05, 3.63) is 11.8 Å². The Hall–Kier alpha value is -0.710. The second-order valence-corrected chi connectivity index (χ2v) is 11.3. The summed E-state index contributed by atoms with van der Waals surface area (Å²) < 4.78 is 52.4. The summed E-state index contributed by atoms with van der Waals surface area (Å²) in [6, 6.07) is -0.183. The van der Waals surface area contributed by atoms with Crippen molar-refractivity contribution in [2.75, 3.05) is 36.2 Å². The van der Waals surface area contributed by atoms with Crippen LogP contribution in [0.15, 0.2) is 11.8 Å². The Bertz CT molecular complexity index is 738. The third-order valence-corrected chi connectivity index (χ3v) is 8.07. The number of thiocarbonyl (C=S) groups is 1. The Morgan fingerprint density at radius 3 is 2.62 bits per heavy atom. The van der Waals surface area contributed by atoms with E-state index in [1.165, 1.54) is 0 Å². The minimum atomic E-state index is -3.08. The van der Waals surface area contributed by atoms with E-state index < -0.39 is 19.7 Å². The lowest BCUT2D eigenvalue weighted by molar-refractivity contribution is 0.0843. The summed E-state index contributed by atoms with van der Waals surface area (Å²) in [5, 5.41) is 3.39. The molecule has 0 aromatic carbocycles. The lowest BCUT2D eigenvalue weighted by Gasteiger charge is -2.33. The first kappa shape index (κ1) is 18.1. The van der Waals surface area contributed by atoms with Crippen LogP contribution in [0.2, 0.25) is 0 Å². The average molecular weight is 395 g/mol. The van der Waals surface area contributed by atoms with E-state index in [1.54, 1.807) is 6.08 Å². The highest BCUT2D eigenvalue weighted by Crippen LogP contribution is 2.22. The molecule has 2 saturated heterocycles. The fraction of sp³-hybridized carbons (Fsp3) is 0.786. The van der Waals surface area contributed by atoms with Gasteiger partial charge in [-0.25, -0.2) is 16.8 Å². The predicted octanol–water partition coefficient (Wildman–Crippen LogP) is -0.159. The molecular weight excluding hydrogens is 372 g/mol. The van der Waals surface area contributed by atoms with Crippen LogP contribution in [0.25, 0.3) is 0 Å². The van der Waals surface area contributed by atoms with Gasteiger partial charge in [-0.05, 0) is 37.6 Å². The molecule has 136 valence electrons. The topological polar surface area (TPSA) is 92.8 Å². The van der Waals surface area contributed by atoms with E-state index in [-0.39, 0.29) is 35.2 Å². The van der Waals surface area contributed by atoms with Gasteiger partial charge in [0.15, 0.2) is 24.8 Å². The molecule has 0 bridgehead atoms. The molecule has 0 aliphatic carbocycles. The molecule has 10 heteroatoms. The molecule has 7 nitrogen and oxygen atoms in total. The van der Waals surface area contributed by atoms with Crippen LogP contribution in [0, 0.1) is 0 Å². The molecule has 2 unspecified atom stereocenters. The number of hydrogen-bond acceptors (Lipinski definition) is 6. The number of sulfone groups is 2. The summed E-state index contributed by atoms with van der Waals surface area (Å²) in [4.78, 5) is 1.88. The van der Waals surface area contributed by atoms with Crippen molar-refractivity contribution in [1.82, 2.24) is 10.2 Å². The molecule has 0 aromatic heterocycles. The smallest absolute Gasteiger partial charge is 0.173 e. The van der Waals surface area contributed by atoms with Crippen molar-refractivity contribution in [3.8, 4) is 0 Å². The monoisotopic (exact) mass is 394 g/mol. The van der Waals surface area contributed by atoms with E-state index in [9.17, 15) is 16.8 Å². The SMILES string of the molecule is O=S1(=O)CC=C(NC(=S)N(CC2CCCO2)C2CCS(=O)(=O)C2)C1. The van der Waals surface area contributed by atoms with Gasteiger partial charge in [-0.1, -0.05) is 0 Å². The van der Waals surface area contributed by atoms with E-state index in [2.05, 4.69) is 5.32 Å². The van der Waals surface area contributed by atoms with Gasteiger partial charge in [0.2, 0.25) is 0 Å². The summed E-state index contributed by atoms with van der Waals surface area (Å²) in [6.07, 6.45) is 4.11. The minimum absolute atomic E-state index is 0.0154. The fourth-order valence-corrected chi connectivity index (χ4v) is 6.63. The Balaban J connectivity index is 1.70. The molecule has 0 radical (unpaired) electrons. The number of hydrogen-bond donors (Lipinski definition) is 1. The van der Waals surface area contributed by atoms with Gasteiger partial charge < -0.3 is 15.0 Å². The maximum Gasteiger partial charge on any atom is 0.173 e. The minimum Gasteiger partial charge on any atom is -0.376 e. The van der Waals surface area contributed by atoms with E-state index in [0.717, 1.165) is 12.8 Å². The first-order valence-corrected chi connectivity index (χ1v) is 12.1. The third kappa shape index (κ3) is 4.47. The number of ether oxygens (including phenoxy) is 1. The van der Waals surface area contributed by atoms with Crippen LogP contribution < -0.4 is 5.32 Å². The quantitative estimate of drug-likeness (QED) is 0.658. The van der Waals surface area contributed by atoms with Crippen LogP contribution in [0.4, 0.5) is 0 Å². The van der Waals surface area contributed by atoms with E-state index in [0.29, 0.717) is 30.4 Å². The average Bonchev–Trinajstić information content (AvgIpc) is 3.17. The van der Waals surface area contributed by atoms with Crippen LogP contribution >= 0.6 is 12.2 Å². The molecule has 0 spiro atoms. The molecule has 2 atom stereocenters. The standard InChI is InChI=1S/C14H22N2O5S3/c17-23(18)6-3-11(9-23)15-14(22)16(8-13-2-1-5-21-13)12-4-7-24(19,20)10-12/h3,12-13H,1-2,4-10H2,(H,15,22). The normalized spacial score (nSPS) is 30.9. The van der Waals surface area contributed by atoms with Gasteiger partial charge in [0, 0.05) is 24.9 Å². The Kier molecular flexibility index (Phi) is 5.19. The van der Waals surface area contributed by atoms with E-state index in [4.69, 9.17) is 17.0 Å². The Morgan fingerprint density at radius 2 is 2.08 bits per heavy atom.